The highest BCUT2D eigenvalue weighted by molar-refractivity contribution is 5.39. The molecule has 0 aliphatic carbocycles. The van der Waals surface area contributed by atoms with Gasteiger partial charge < -0.3 is 14.9 Å². The summed E-state index contributed by atoms with van der Waals surface area (Å²) in [4.78, 5) is 0. The quantitative estimate of drug-likeness (QED) is 0.869. The fourth-order valence-electron chi connectivity index (χ4n) is 1.71. The van der Waals surface area contributed by atoms with Crippen LogP contribution in [0, 0.1) is 0 Å². The van der Waals surface area contributed by atoms with Gasteiger partial charge in [0.25, 0.3) is 0 Å². The van der Waals surface area contributed by atoms with E-state index in [0.717, 1.165) is 11.1 Å². The fraction of sp³-hybridized carbons (Fsp3) is 0.200. The van der Waals surface area contributed by atoms with Crippen molar-refractivity contribution in [2.75, 3.05) is 0 Å². The Balaban J connectivity index is 2.22. The van der Waals surface area contributed by atoms with Crippen molar-refractivity contribution in [3.63, 3.8) is 0 Å². The summed E-state index contributed by atoms with van der Waals surface area (Å²) in [5.41, 5.74) is 1.59. The highest BCUT2D eigenvalue weighted by Crippen LogP contribution is 2.29. The minimum absolute atomic E-state index is 0.0184. The minimum atomic E-state index is -0.571. The molecule has 0 fully saturated rings. The molecule has 2 rings (SSSR count). The van der Waals surface area contributed by atoms with Crippen molar-refractivity contribution in [3.8, 4) is 11.5 Å². The lowest BCUT2D eigenvalue weighted by atomic mass is 10.1. The van der Waals surface area contributed by atoms with E-state index in [1.165, 1.54) is 0 Å². The van der Waals surface area contributed by atoms with E-state index in [9.17, 15) is 5.11 Å². The summed E-state index contributed by atoms with van der Waals surface area (Å²) in [5, 5.41) is 18.6. The molecule has 3 heteroatoms. The molecule has 0 aliphatic rings. The summed E-state index contributed by atoms with van der Waals surface area (Å²) in [7, 11) is 0. The zero-order valence-corrected chi connectivity index (χ0v) is 10.2. The van der Waals surface area contributed by atoms with Crippen LogP contribution < -0.4 is 4.74 Å². The van der Waals surface area contributed by atoms with Gasteiger partial charge in [0.05, 0.1) is 12.7 Å². The Morgan fingerprint density at radius 3 is 2.33 bits per heavy atom. The Kier molecular flexibility index (Phi) is 3.97. The first-order chi connectivity index (χ1) is 8.70. The molecule has 18 heavy (non-hydrogen) atoms. The van der Waals surface area contributed by atoms with E-state index >= 15 is 0 Å². The number of para-hydroxylation sites is 1. The second-order valence-corrected chi connectivity index (χ2v) is 4.12. The number of rotatable bonds is 4. The van der Waals surface area contributed by atoms with Gasteiger partial charge in [-0.05, 0) is 30.7 Å². The van der Waals surface area contributed by atoms with Crippen molar-refractivity contribution >= 4 is 0 Å². The molecule has 3 nitrogen and oxygen atoms in total. The van der Waals surface area contributed by atoms with Crippen LogP contribution in [0.3, 0.4) is 0 Å². The van der Waals surface area contributed by atoms with Gasteiger partial charge >= 0.3 is 0 Å². The summed E-state index contributed by atoms with van der Waals surface area (Å²) in [6.45, 7) is 1.72. The summed E-state index contributed by atoms with van der Waals surface area (Å²) >= 11 is 0. The van der Waals surface area contributed by atoms with E-state index in [0.29, 0.717) is 11.5 Å². The first-order valence-electron chi connectivity index (χ1n) is 5.85. The average Bonchev–Trinajstić information content (AvgIpc) is 2.40. The van der Waals surface area contributed by atoms with E-state index in [2.05, 4.69) is 0 Å². The number of aliphatic hydroxyl groups is 2. The maximum Gasteiger partial charge on any atom is 0.133 e. The monoisotopic (exact) mass is 244 g/mol. The van der Waals surface area contributed by atoms with Crippen LogP contribution in [0.5, 0.6) is 11.5 Å². The number of aliphatic hydroxyl groups excluding tert-OH is 2. The van der Waals surface area contributed by atoms with E-state index < -0.39 is 6.10 Å². The Morgan fingerprint density at radius 2 is 1.72 bits per heavy atom. The second kappa shape index (κ2) is 5.67. The maximum absolute atomic E-state index is 9.65. The van der Waals surface area contributed by atoms with Crippen LogP contribution >= 0.6 is 0 Å². The SMILES string of the molecule is C[C@@H](O)c1ccccc1Oc1ccc(CO)cc1. The number of ether oxygens (including phenoxy) is 1. The predicted octanol–water partition coefficient (Wildman–Crippen LogP) is 3.02. The van der Waals surface area contributed by atoms with Gasteiger partial charge in [-0.25, -0.2) is 0 Å². The predicted molar refractivity (Wildman–Crippen MR) is 69.5 cm³/mol. The lowest BCUT2D eigenvalue weighted by molar-refractivity contribution is 0.195. The summed E-state index contributed by atoms with van der Waals surface area (Å²) in [5.74, 6) is 1.32. The van der Waals surface area contributed by atoms with E-state index in [1.54, 1.807) is 31.2 Å². The largest absolute Gasteiger partial charge is 0.457 e. The molecule has 0 heterocycles. The Morgan fingerprint density at radius 1 is 1.06 bits per heavy atom. The molecule has 2 aromatic carbocycles. The number of benzene rings is 2. The molecule has 2 aromatic rings. The molecule has 0 saturated carbocycles. The standard InChI is InChI=1S/C15H16O3/c1-11(17)14-4-2-3-5-15(14)18-13-8-6-12(10-16)7-9-13/h2-9,11,16-17H,10H2,1H3/t11-/m1/s1. The van der Waals surface area contributed by atoms with Gasteiger partial charge in [0.15, 0.2) is 0 Å². The van der Waals surface area contributed by atoms with Crippen LogP contribution in [0.25, 0.3) is 0 Å². The number of hydrogen-bond acceptors (Lipinski definition) is 3. The molecule has 0 unspecified atom stereocenters. The number of hydrogen-bond donors (Lipinski definition) is 2. The van der Waals surface area contributed by atoms with Crippen LogP contribution in [0.4, 0.5) is 0 Å². The normalized spacial score (nSPS) is 12.2. The highest BCUT2D eigenvalue weighted by Gasteiger charge is 2.08. The summed E-state index contributed by atoms with van der Waals surface area (Å²) in [6, 6.07) is 14.6. The van der Waals surface area contributed by atoms with Gasteiger partial charge in [0.1, 0.15) is 11.5 Å². The molecule has 0 amide bonds. The molecule has 2 N–H and O–H groups in total. The molecule has 0 bridgehead atoms. The Bertz CT molecular complexity index is 503. The van der Waals surface area contributed by atoms with Crippen molar-refractivity contribution in [2.45, 2.75) is 19.6 Å². The zero-order chi connectivity index (χ0) is 13.0. The summed E-state index contributed by atoms with van der Waals surface area (Å²) < 4.78 is 5.73. The van der Waals surface area contributed by atoms with Crippen LogP contribution in [0.1, 0.15) is 24.2 Å². The average molecular weight is 244 g/mol. The smallest absolute Gasteiger partial charge is 0.133 e. The Hall–Kier alpha value is -1.84. The van der Waals surface area contributed by atoms with Crippen molar-refractivity contribution in [1.29, 1.82) is 0 Å². The van der Waals surface area contributed by atoms with E-state index in [4.69, 9.17) is 9.84 Å². The third-order valence-electron chi connectivity index (χ3n) is 2.70. The van der Waals surface area contributed by atoms with Crippen molar-refractivity contribution in [1.82, 2.24) is 0 Å². The minimum Gasteiger partial charge on any atom is -0.457 e. The molecule has 0 aromatic heterocycles. The lowest BCUT2D eigenvalue weighted by Gasteiger charge is -2.13. The van der Waals surface area contributed by atoms with Gasteiger partial charge in [-0.15, -0.1) is 0 Å². The van der Waals surface area contributed by atoms with Crippen LogP contribution in [0.2, 0.25) is 0 Å². The maximum atomic E-state index is 9.65. The van der Waals surface area contributed by atoms with Gasteiger partial charge in [-0.1, -0.05) is 30.3 Å². The molecule has 0 saturated heterocycles. The van der Waals surface area contributed by atoms with Gasteiger partial charge in [0, 0.05) is 5.56 Å². The Labute approximate surface area is 106 Å². The van der Waals surface area contributed by atoms with E-state index in [-0.39, 0.29) is 6.61 Å². The molecular weight excluding hydrogens is 228 g/mol. The first-order valence-corrected chi connectivity index (χ1v) is 5.85. The first kappa shape index (κ1) is 12.6. The van der Waals surface area contributed by atoms with Crippen LogP contribution in [-0.4, -0.2) is 10.2 Å². The second-order valence-electron chi connectivity index (χ2n) is 4.12. The zero-order valence-electron chi connectivity index (χ0n) is 10.2. The van der Waals surface area contributed by atoms with Gasteiger partial charge in [0.2, 0.25) is 0 Å². The molecule has 0 radical (unpaired) electrons. The highest BCUT2D eigenvalue weighted by atomic mass is 16.5. The van der Waals surface area contributed by atoms with Gasteiger partial charge in [-0.2, -0.15) is 0 Å². The van der Waals surface area contributed by atoms with Crippen molar-refractivity contribution < 1.29 is 14.9 Å². The molecule has 0 aliphatic heterocycles. The summed E-state index contributed by atoms with van der Waals surface area (Å²) in [6.07, 6.45) is -0.571. The molecule has 0 spiro atoms. The third-order valence-corrected chi connectivity index (χ3v) is 2.70. The van der Waals surface area contributed by atoms with Crippen LogP contribution in [0.15, 0.2) is 48.5 Å². The topological polar surface area (TPSA) is 49.7 Å². The molecule has 1 atom stereocenters. The molecular formula is C15H16O3. The van der Waals surface area contributed by atoms with Crippen molar-refractivity contribution in [3.05, 3.63) is 59.7 Å². The lowest BCUT2D eigenvalue weighted by Crippen LogP contribution is -1.95. The van der Waals surface area contributed by atoms with Crippen molar-refractivity contribution in [2.24, 2.45) is 0 Å². The van der Waals surface area contributed by atoms with E-state index in [1.807, 2.05) is 24.3 Å². The third kappa shape index (κ3) is 2.88. The van der Waals surface area contributed by atoms with Gasteiger partial charge in [-0.3, -0.25) is 0 Å². The van der Waals surface area contributed by atoms with Crippen LogP contribution in [-0.2, 0) is 6.61 Å². The fourth-order valence-corrected chi connectivity index (χ4v) is 1.71. The molecule has 94 valence electrons.